The van der Waals surface area contributed by atoms with Gasteiger partial charge in [-0.15, -0.1) is 0 Å². The quantitative estimate of drug-likeness (QED) is 0.657. The van der Waals surface area contributed by atoms with Crippen molar-refractivity contribution in [2.45, 2.75) is 66.2 Å². The maximum atomic E-state index is 9.00. The summed E-state index contributed by atoms with van der Waals surface area (Å²) in [6.07, 6.45) is 2.94. The van der Waals surface area contributed by atoms with Crippen LogP contribution >= 0.6 is 0 Å². The van der Waals surface area contributed by atoms with Crippen molar-refractivity contribution in [3.05, 3.63) is 29.3 Å². The highest BCUT2D eigenvalue weighted by atomic mass is 16.5. The smallest absolute Gasteiger partial charge is 0.123 e. The molecule has 0 fully saturated rings. The van der Waals surface area contributed by atoms with Crippen LogP contribution in [0.25, 0.3) is 0 Å². The molecular weight excluding hydrogens is 258 g/mol. The summed E-state index contributed by atoms with van der Waals surface area (Å²) < 4.78 is 6.01. The maximum Gasteiger partial charge on any atom is 0.123 e. The van der Waals surface area contributed by atoms with E-state index in [1.165, 1.54) is 11.1 Å². The Labute approximate surface area is 130 Å². The molecule has 0 radical (unpaired) electrons. The number of nitrogens with zero attached hydrogens (tertiary/aromatic N) is 1. The van der Waals surface area contributed by atoms with Gasteiger partial charge in [0.25, 0.3) is 0 Å². The molecule has 0 aliphatic heterocycles. The van der Waals surface area contributed by atoms with Gasteiger partial charge < -0.3 is 4.74 Å². The van der Waals surface area contributed by atoms with Crippen molar-refractivity contribution in [2.75, 3.05) is 6.61 Å². The van der Waals surface area contributed by atoms with Crippen LogP contribution in [0.5, 0.6) is 5.75 Å². The monoisotopic (exact) mass is 287 g/mol. The van der Waals surface area contributed by atoms with Crippen molar-refractivity contribution < 1.29 is 4.74 Å². The van der Waals surface area contributed by atoms with Crippen LogP contribution in [0.15, 0.2) is 18.2 Å². The normalized spacial score (nSPS) is 12.0. The number of unbranched alkanes of at least 4 members (excludes halogenated alkanes) is 1. The summed E-state index contributed by atoms with van der Waals surface area (Å²) in [6.45, 7) is 13.4. The van der Waals surface area contributed by atoms with Crippen molar-refractivity contribution in [1.29, 1.82) is 5.26 Å². The second-order valence-electron chi connectivity index (χ2n) is 7.55. The summed E-state index contributed by atoms with van der Waals surface area (Å²) in [4.78, 5) is 0. The Balaban J connectivity index is 2.56. The fourth-order valence-electron chi connectivity index (χ4n) is 2.28. The largest absolute Gasteiger partial charge is 0.493 e. The number of nitriles is 1. The van der Waals surface area contributed by atoms with Gasteiger partial charge >= 0.3 is 0 Å². The summed E-state index contributed by atoms with van der Waals surface area (Å²) in [5.41, 5.74) is 2.35. The molecule has 2 heteroatoms. The highest BCUT2D eigenvalue weighted by Gasteiger charge is 2.19. The van der Waals surface area contributed by atoms with Crippen LogP contribution in [0, 0.1) is 23.7 Å². The van der Waals surface area contributed by atoms with Crippen LogP contribution in [-0.2, 0) is 5.41 Å². The van der Waals surface area contributed by atoms with Crippen LogP contribution in [0.3, 0.4) is 0 Å². The lowest BCUT2D eigenvalue weighted by Crippen LogP contribution is -2.14. The van der Waals surface area contributed by atoms with Crippen molar-refractivity contribution in [1.82, 2.24) is 0 Å². The van der Waals surface area contributed by atoms with Gasteiger partial charge in [0.05, 0.1) is 18.1 Å². The molecule has 0 unspecified atom stereocenters. The highest BCUT2D eigenvalue weighted by molar-refractivity contribution is 5.41. The molecule has 0 N–H and O–H groups in total. The predicted octanol–water partition coefficient (Wildman–Crippen LogP) is 5.39. The molecular formula is C19H29NO. The number of ether oxygens (including phenoxy) is 1. The molecule has 0 bridgehead atoms. The molecule has 0 amide bonds. The lowest BCUT2D eigenvalue weighted by atomic mass is 9.86. The number of hydrogen-bond acceptors (Lipinski definition) is 2. The Morgan fingerprint density at radius 3 is 2.33 bits per heavy atom. The topological polar surface area (TPSA) is 33.0 Å². The summed E-state index contributed by atoms with van der Waals surface area (Å²) in [5.74, 6) is 1.00. The molecule has 0 aromatic heterocycles. The third-order valence-electron chi connectivity index (χ3n) is 3.70. The standard InChI is InChI=1S/C19H29NO/c1-15-9-10-16(18(2,3)4)17(13-15)21-12-8-7-11-19(5,6)14-20/h9-10,13H,7-8,11-12H2,1-6H3. The second kappa shape index (κ2) is 6.98. The molecule has 0 heterocycles. The van der Waals surface area contributed by atoms with Crippen LogP contribution in [-0.4, -0.2) is 6.61 Å². The van der Waals surface area contributed by atoms with Gasteiger partial charge in [0.15, 0.2) is 0 Å². The first-order valence-electron chi connectivity index (χ1n) is 7.81. The minimum atomic E-state index is -0.222. The third-order valence-corrected chi connectivity index (χ3v) is 3.70. The summed E-state index contributed by atoms with van der Waals surface area (Å²) in [6, 6.07) is 8.78. The van der Waals surface area contributed by atoms with Crippen molar-refractivity contribution in [2.24, 2.45) is 5.41 Å². The van der Waals surface area contributed by atoms with E-state index in [4.69, 9.17) is 10.00 Å². The zero-order chi connectivity index (χ0) is 16.1. The Morgan fingerprint density at radius 2 is 1.76 bits per heavy atom. The van der Waals surface area contributed by atoms with Crippen LogP contribution in [0.4, 0.5) is 0 Å². The van der Waals surface area contributed by atoms with Crippen LogP contribution in [0.1, 0.15) is 65.0 Å². The van der Waals surface area contributed by atoms with Crippen molar-refractivity contribution in [3.8, 4) is 11.8 Å². The van der Waals surface area contributed by atoms with Crippen molar-refractivity contribution >= 4 is 0 Å². The Morgan fingerprint density at radius 1 is 1.10 bits per heavy atom. The van der Waals surface area contributed by atoms with E-state index in [2.05, 4.69) is 52.0 Å². The number of hydrogen-bond donors (Lipinski definition) is 0. The zero-order valence-corrected chi connectivity index (χ0v) is 14.4. The SMILES string of the molecule is Cc1ccc(C(C)(C)C)c(OCCCCC(C)(C)C#N)c1. The molecule has 0 saturated heterocycles. The van der Waals surface area contributed by atoms with E-state index in [9.17, 15) is 0 Å². The molecule has 0 aliphatic rings. The molecule has 116 valence electrons. The van der Waals surface area contributed by atoms with Gasteiger partial charge in [0.1, 0.15) is 5.75 Å². The van der Waals surface area contributed by atoms with E-state index in [-0.39, 0.29) is 10.8 Å². The molecule has 1 aromatic rings. The summed E-state index contributed by atoms with van der Waals surface area (Å²) in [5, 5.41) is 9.00. The molecule has 2 nitrogen and oxygen atoms in total. The first-order valence-corrected chi connectivity index (χ1v) is 7.81. The van der Waals surface area contributed by atoms with E-state index in [1.807, 2.05) is 13.8 Å². The van der Waals surface area contributed by atoms with Gasteiger partial charge in [-0.25, -0.2) is 0 Å². The van der Waals surface area contributed by atoms with Gasteiger partial charge in [-0.1, -0.05) is 32.9 Å². The highest BCUT2D eigenvalue weighted by Crippen LogP contribution is 2.32. The van der Waals surface area contributed by atoms with E-state index < -0.39 is 0 Å². The number of benzene rings is 1. The van der Waals surface area contributed by atoms with Crippen LogP contribution < -0.4 is 4.74 Å². The molecule has 0 aliphatic carbocycles. The zero-order valence-electron chi connectivity index (χ0n) is 14.4. The third kappa shape index (κ3) is 5.79. The predicted molar refractivity (Wildman–Crippen MR) is 88.6 cm³/mol. The summed E-state index contributed by atoms with van der Waals surface area (Å²) >= 11 is 0. The van der Waals surface area contributed by atoms with Gasteiger partial charge in [-0.05, 0) is 62.6 Å². The molecule has 0 saturated carbocycles. The first-order chi connectivity index (χ1) is 9.65. The van der Waals surface area contributed by atoms with Gasteiger partial charge in [0, 0.05) is 0 Å². The lowest BCUT2D eigenvalue weighted by Gasteiger charge is -2.23. The van der Waals surface area contributed by atoms with Crippen LogP contribution in [0.2, 0.25) is 0 Å². The fourth-order valence-corrected chi connectivity index (χ4v) is 2.28. The molecule has 1 aromatic carbocycles. The average Bonchev–Trinajstić information content (AvgIpc) is 2.37. The molecule has 1 rings (SSSR count). The first kappa shape index (κ1) is 17.6. The minimum absolute atomic E-state index is 0.0891. The number of aryl methyl sites for hydroxylation is 1. The Kier molecular flexibility index (Phi) is 5.84. The van der Waals surface area contributed by atoms with E-state index in [0.717, 1.165) is 25.0 Å². The van der Waals surface area contributed by atoms with E-state index in [1.54, 1.807) is 0 Å². The van der Waals surface area contributed by atoms with E-state index >= 15 is 0 Å². The maximum absolute atomic E-state index is 9.00. The molecule has 0 atom stereocenters. The lowest BCUT2D eigenvalue weighted by molar-refractivity contribution is 0.288. The van der Waals surface area contributed by atoms with E-state index in [0.29, 0.717) is 6.61 Å². The molecule has 0 spiro atoms. The van der Waals surface area contributed by atoms with Gasteiger partial charge in [-0.2, -0.15) is 5.26 Å². The van der Waals surface area contributed by atoms with Gasteiger partial charge in [0.2, 0.25) is 0 Å². The minimum Gasteiger partial charge on any atom is -0.493 e. The summed E-state index contributed by atoms with van der Waals surface area (Å²) in [7, 11) is 0. The Hall–Kier alpha value is -1.49. The second-order valence-corrected chi connectivity index (χ2v) is 7.55. The fraction of sp³-hybridized carbons (Fsp3) is 0.632. The Bertz CT molecular complexity index is 503. The number of rotatable bonds is 6. The van der Waals surface area contributed by atoms with Crippen molar-refractivity contribution in [3.63, 3.8) is 0 Å². The van der Waals surface area contributed by atoms with Gasteiger partial charge in [-0.3, -0.25) is 0 Å². The average molecular weight is 287 g/mol. The molecule has 21 heavy (non-hydrogen) atoms.